The number of nitrogens with zero attached hydrogens (tertiary/aromatic N) is 1. The molecule has 0 aromatic heterocycles. The van der Waals surface area contributed by atoms with E-state index in [9.17, 15) is 14.0 Å². The van der Waals surface area contributed by atoms with Crippen LogP contribution in [0.1, 0.15) is 31.1 Å². The topological polar surface area (TPSA) is 61.4 Å². The lowest BCUT2D eigenvalue weighted by Gasteiger charge is -2.21. The standard InChI is InChI=1S/C19H22FN3O2/c1-4-23(5-2)16-9-7-15(8-10-16)22-19(25)14-6-11-17(20)18(12-14)21-13(3)24/h6-12H,4-5H2,1-3H3,(H,21,24)(H,22,25). The number of hydrogen-bond acceptors (Lipinski definition) is 3. The second-order valence-corrected chi connectivity index (χ2v) is 5.55. The maximum Gasteiger partial charge on any atom is 0.255 e. The molecule has 2 aromatic rings. The molecule has 0 bridgehead atoms. The van der Waals surface area contributed by atoms with E-state index in [1.165, 1.54) is 19.1 Å². The summed E-state index contributed by atoms with van der Waals surface area (Å²) in [5.41, 5.74) is 1.97. The van der Waals surface area contributed by atoms with E-state index >= 15 is 0 Å². The molecule has 2 N–H and O–H groups in total. The molecule has 0 atom stereocenters. The third kappa shape index (κ3) is 4.79. The van der Waals surface area contributed by atoms with Crippen molar-refractivity contribution in [1.82, 2.24) is 0 Å². The van der Waals surface area contributed by atoms with Gasteiger partial charge in [-0.05, 0) is 56.3 Å². The van der Waals surface area contributed by atoms with Crippen molar-refractivity contribution >= 4 is 28.9 Å². The van der Waals surface area contributed by atoms with E-state index in [2.05, 4.69) is 29.4 Å². The molecule has 0 aliphatic rings. The zero-order chi connectivity index (χ0) is 18.4. The fourth-order valence-electron chi connectivity index (χ4n) is 2.50. The predicted molar refractivity (Wildman–Crippen MR) is 98.7 cm³/mol. The highest BCUT2D eigenvalue weighted by Gasteiger charge is 2.11. The van der Waals surface area contributed by atoms with Crippen molar-refractivity contribution in [2.75, 3.05) is 28.6 Å². The van der Waals surface area contributed by atoms with E-state index in [-0.39, 0.29) is 17.2 Å². The van der Waals surface area contributed by atoms with Gasteiger partial charge in [-0.2, -0.15) is 0 Å². The molecule has 132 valence electrons. The molecule has 0 unspecified atom stereocenters. The maximum atomic E-state index is 13.7. The van der Waals surface area contributed by atoms with Crippen LogP contribution in [0.2, 0.25) is 0 Å². The van der Waals surface area contributed by atoms with Crippen LogP contribution in [0.25, 0.3) is 0 Å². The van der Waals surface area contributed by atoms with Gasteiger partial charge in [-0.3, -0.25) is 9.59 Å². The summed E-state index contributed by atoms with van der Waals surface area (Å²) in [5, 5.41) is 5.13. The monoisotopic (exact) mass is 343 g/mol. The Morgan fingerprint density at radius 1 is 1.00 bits per heavy atom. The Morgan fingerprint density at radius 2 is 1.64 bits per heavy atom. The Morgan fingerprint density at radius 3 is 2.20 bits per heavy atom. The molecule has 6 heteroatoms. The third-order valence-corrected chi connectivity index (χ3v) is 3.79. The third-order valence-electron chi connectivity index (χ3n) is 3.79. The van der Waals surface area contributed by atoms with Crippen molar-refractivity contribution in [3.63, 3.8) is 0 Å². The van der Waals surface area contributed by atoms with Crippen LogP contribution < -0.4 is 15.5 Å². The molecule has 25 heavy (non-hydrogen) atoms. The lowest BCUT2D eigenvalue weighted by Crippen LogP contribution is -2.21. The Hall–Kier alpha value is -2.89. The van der Waals surface area contributed by atoms with Crippen LogP contribution in [-0.4, -0.2) is 24.9 Å². The highest BCUT2D eigenvalue weighted by molar-refractivity contribution is 6.05. The normalized spacial score (nSPS) is 10.2. The molecule has 0 heterocycles. The molecule has 0 saturated heterocycles. The van der Waals surface area contributed by atoms with Crippen molar-refractivity contribution in [3.05, 3.63) is 53.8 Å². The van der Waals surface area contributed by atoms with Crippen LogP contribution in [0.15, 0.2) is 42.5 Å². The summed E-state index contributed by atoms with van der Waals surface area (Å²) < 4.78 is 13.7. The minimum Gasteiger partial charge on any atom is -0.372 e. The van der Waals surface area contributed by atoms with Gasteiger partial charge < -0.3 is 15.5 Å². The van der Waals surface area contributed by atoms with Gasteiger partial charge in [0.1, 0.15) is 5.82 Å². The largest absolute Gasteiger partial charge is 0.372 e. The van der Waals surface area contributed by atoms with Gasteiger partial charge >= 0.3 is 0 Å². The number of rotatable bonds is 6. The molecule has 0 saturated carbocycles. The molecule has 0 aliphatic carbocycles. The Kier molecular flexibility index (Phi) is 6.11. The van der Waals surface area contributed by atoms with Gasteiger partial charge in [0.05, 0.1) is 5.69 Å². The number of amides is 2. The second kappa shape index (κ2) is 8.28. The minimum atomic E-state index is -0.588. The van der Waals surface area contributed by atoms with Crippen molar-refractivity contribution < 1.29 is 14.0 Å². The van der Waals surface area contributed by atoms with Crippen LogP contribution in [0, 0.1) is 5.82 Å². The van der Waals surface area contributed by atoms with Gasteiger partial charge in [0, 0.05) is 37.0 Å². The number of nitrogens with one attached hydrogen (secondary N) is 2. The van der Waals surface area contributed by atoms with Crippen molar-refractivity contribution in [3.8, 4) is 0 Å². The van der Waals surface area contributed by atoms with E-state index < -0.39 is 11.7 Å². The summed E-state index contributed by atoms with van der Waals surface area (Å²) in [7, 11) is 0. The zero-order valence-corrected chi connectivity index (χ0v) is 14.6. The van der Waals surface area contributed by atoms with Gasteiger partial charge in [0.15, 0.2) is 0 Å². The van der Waals surface area contributed by atoms with Crippen molar-refractivity contribution in [1.29, 1.82) is 0 Å². The number of halogens is 1. The lowest BCUT2D eigenvalue weighted by atomic mass is 10.1. The summed E-state index contributed by atoms with van der Waals surface area (Å²) in [6.45, 7) is 7.26. The smallest absolute Gasteiger partial charge is 0.255 e. The van der Waals surface area contributed by atoms with Crippen LogP contribution in [0.3, 0.4) is 0 Å². The minimum absolute atomic E-state index is 0.0166. The van der Waals surface area contributed by atoms with Gasteiger partial charge in [-0.15, -0.1) is 0 Å². The number of carbonyl (C=O) groups is 2. The molecule has 5 nitrogen and oxygen atoms in total. The second-order valence-electron chi connectivity index (χ2n) is 5.55. The quantitative estimate of drug-likeness (QED) is 0.837. The average molecular weight is 343 g/mol. The lowest BCUT2D eigenvalue weighted by molar-refractivity contribution is -0.114. The Labute approximate surface area is 146 Å². The number of benzene rings is 2. The molecule has 0 aliphatic heterocycles. The molecule has 2 amide bonds. The fraction of sp³-hybridized carbons (Fsp3) is 0.263. The summed E-state index contributed by atoms with van der Waals surface area (Å²) in [6, 6.07) is 11.4. The Bertz CT molecular complexity index is 756. The first-order valence-corrected chi connectivity index (χ1v) is 8.18. The summed E-state index contributed by atoms with van der Waals surface area (Å²) in [4.78, 5) is 25.6. The molecule has 2 aromatic carbocycles. The van der Waals surface area contributed by atoms with Gasteiger partial charge in [0.25, 0.3) is 5.91 Å². The molecule has 0 radical (unpaired) electrons. The highest BCUT2D eigenvalue weighted by Crippen LogP contribution is 2.20. The molecular weight excluding hydrogens is 321 g/mol. The van der Waals surface area contributed by atoms with Crippen molar-refractivity contribution in [2.45, 2.75) is 20.8 Å². The van der Waals surface area contributed by atoms with Crippen LogP contribution in [0.4, 0.5) is 21.5 Å². The highest BCUT2D eigenvalue weighted by atomic mass is 19.1. The first-order valence-electron chi connectivity index (χ1n) is 8.18. The number of hydrogen-bond donors (Lipinski definition) is 2. The molecular formula is C19H22FN3O2. The fourth-order valence-corrected chi connectivity index (χ4v) is 2.50. The first kappa shape index (κ1) is 18.4. The van der Waals surface area contributed by atoms with E-state index in [4.69, 9.17) is 0 Å². The first-order chi connectivity index (χ1) is 11.9. The van der Waals surface area contributed by atoms with Crippen LogP contribution in [0.5, 0.6) is 0 Å². The maximum absolute atomic E-state index is 13.7. The molecule has 0 spiro atoms. The van der Waals surface area contributed by atoms with Crippen LogP contribution in [-0.2, 0) is 4.79 Å². The molecule has 2 rings (SSSR count). The van der Waals surface area contributed by atoms with Gasteiger partial charge in [-0.1, -0.05) is 0 Å². The van der Waals surface area contributed by atoms with E-state index in [0.29, 0.717) is 5.69 Å². The van der Waals surface area contributed by atoms with Crippen molar-refractivity contribution in [2.24, 2.45) is 0 Å². The predicted octanol–water partition coefficient (Wildman–Crippen LogP) is 3.88. The Balaban J connectivity index is 2.13. The zero-order valence-electron chi connectivity index (χ0n) is 14.6. The number of carbonyl (C=O) groups excluding carboxylic acids is 2. The SMILES string of the molecule is CCN(CC)c1ccc(NC(=O)c2ccc(F)c(NC(C)=O)c2)cc1. The molecule has 0 fully saturated rings. The summed E-state index contributed by atoms with van der Waals surface area (Å²) in [6.07, 6.45) is 0. The summed E-state index contributed by atoms with van der Waals surface area (Å²) >= 11 is 0. The summed E-state index contributed by atoms with van der Waals surface area (Å²) in [5.74, 6) is -1.36. The van der Waals surface area contributed by atoms with E-state index in [1.54, 1.807) is 0 Å². The van der Waals surface area contributed by atoms with Gasteiger partial charge in [0.2, 0.25) is 5.91 Å². The number of anilines is 3. The van der Waals surface area contributed by atoms with Gasteiger partial charge in [-0.25, -0.2) is 4.39 Å². The average Bonchev–Trinajstić information content (AvgIpc) is 2.59. The van der Waals surface area contributed by atoms with E-state index in [1.807, 2.05) is 24.3 Å². The van der Waals surface area contributed by atoms with E-state index in [0.717, 1.165) is 24.8 Å². The van der Waals surface area contributed by atoms with Crippen LogP contribution >= 0.6 is 0 Å².